The van der Waals surface area contributed by atoms with Crippen molar-refractivity contribution in [2.24, 2.45) is 7.05 Å². The molecule has 0 bridgehead atoms. The molecule has 4 rings (SSSR count). The number of aromatic hydroxyl groups is 1. The summed E-state index contributed by atoms with van der Waals surface area (Å²) >= 11 is 0. The lowest BCUT2D eigenvalue weighted by Gasteiger charge is -2.04. The van der Waals surface area contributed by atoms with Gasteiger partial charge in [0.15, 0.2) is 5.65 Å². The van der Waals surface area contributed by atoms with Gasteiger partial charge in [0.1, 0.15) is 5.75 Å². The first-order valence-electron chi connectivity index (χ1n) is 7.56. The van der Waals surface area contributed by atoms with E-state index in [0.717, 1.165) is 16.8 Å². The Labute approximate surface area is 138 Å². The molecule has 0 saturated heterocycles. The van der Waals surface area contributed by atoms with Gasteiger partial charge in [-0.2, -0.15) is 0 Å². The van der Waals surface area contributed by atoms with Gasteiger partial charge in [-0.1, -0.05) is 30.3 Å². The minimum Gasteiger partial charge on any atom is -0.508 e. The SMILES string of the molecule is Cn1cnc2c(c(-c3ccc(O)cc3)cn2-c2ccccc2)c1=O. The first kappa shape index (κ1) is 14.3. The van der Waals surface area contributed by atoms with E-state index in [-0.39, 0.29) is 11.3 Å². The van der Waals surface area contributed by atoms with Crippen molar-refractivity contribution < 1.29 is 5.11 Å². The normalized spacial score (nSPS) is 11.0. The largest absolute Gasteiger partial charge is 0.508 e. The topological polar surface area (TPSA) is 60.0 Å². The maximum atomic E-state index is 12.7. The van der Waals surface area contributed by atoms with Gasteiger partial charge in [-0.15, -0.1) is 0 Å². The van der Waals surface area contributed by atoms with Crippen LogP contribution >= 0.6 is 0 Å². The Morgan fingerprint density at radius 2 is 1.71 bits per heavy atom. The molecule has 0 amide bonds. The number of aromatic nitrogens is 3. The Kier molecular flexibility index (Phi) is 3.20. The monoisotopic (exact) mass is 317 g/mol. The van der Waals surface area contributed by atoms with E-state index < -0.39 is 0 Å². The summed E-state index contributed by atoms with van der Waals surface area (Å²) in [4.78, 5) is 17.2. The fourth-order valence-electron chi connectivity index (χ4n) is 2.85. The van der Waals surface area contributed by atoms with Gasteiger partial charge in [-0.25, -0.2) is 4.98 Å². The maximum absolute atomic E-state index is 12.7. The number of benzene rings is 2. The number of para-hydroxylation sites is 1. The first-order chi connectivity index (χ1) is 11.6. The van der Waals surface area contributed by atoms with E-state index in [2.05, 4.69) is 4.98 Å². The molecule has 0 radical (unpaired) electrons. The molecule has 24 heavy (non-hydrogen) atoms. The van der Waals surface area contributed by atoms with Crippen molar-refractivity contribution in [2.75, 3.05) is 0 Å². The second-order valence-electron chi connectivity index (χ2n) is 5.65. The van der Waals surface area contributed by atoms with Gasteiger partial charge in [0.2, 0.25) is 0 Å². The zero-order valence-electron chi connectivity index (χ0n) is 13.0. The summed E-state index contributed by atoms with van der Waals surface area (Å²) in [6, 6.07) is 16.6. The smallest absolute Gasteiger partial charge is 0.263 e. The molecular weight excluding hydrogens is 302 g/mol. The highest BCUT2D eigenvalue weighted by Gasteiger charge is 2.16. The fourth-order valence-corrected chi connectivity index (χ4v) is 2.85. The molecule has 5 heteroatoms. The van der Waals surface area contributed by atoms with Crippen LogP contribution in [0, 0.1) is 0 Å². The third kappa shape index (κ3) is 2.18. The van der Waals surface area contributed by atoms with Gasteiger partial charge in [-0.05, 0) is 29.8 Å². The van der Waals surface area contributed by atoms with Gasteiger partial charge in [0.25, 0.3) is 5.56 Å². The standard InChI is InChI=1S/C19H15N3O2/c1-21-12-20-18-17(19(21)24)16(13-7-9-15(23)10-8-13)11-22(18)14-5-3-2-4-6-14/h2-12,23H,1H3. The van der Waals surface area contributed by atoms with Crippen LogP contribution in [0.3, 0.4) is 0 Å². The van der Waals surface area contributed by atoms with E-state index in [0.29, 0.717) is 11.0 Å². The summed E-state index contributed by atoms with van der Waals surface area (Å²) in [6.07, 6.45) is 3.45. The molecule has 4 aromatic rings. The van der Waals surface area contributed by atoms with Crippen molar-refractivity contribution in [1.29, 1.82) is 0 Å². The maximum Gasteiger partial charge on any atom is 0.263 e. The average Bonchev–Trinajstić information content (AvgIpc) is 3.00. The van der Waals surface area contributed by atoms with Crippen molar-refractivity contribution in [1.82, 2.24) is 14.1 Å². The predicted molar refractivity (Wildman–Crippen MR) is 93.4 cm³/mol. The van der Waals surface area contributed by atoms with Crippen LogP contribution in [0.4, 0.5) is 0 Å². The first-order valence-corrected chi connectivity index (χ1v) is 7.56. The van der Waals surface area contributed by atoms with E-state index in [1.54, 1.807) is 31.3 Å². The predicted octanol–water partition coefficient (Wildman–Crippen LogP) is 3.10. The molecule has 0 atom stereocenters. The summed E-state index contributed by atoms with van der Waals surface area (Å²) in [6.45, 7) is 0. The van der Waals surface area contributed by atoms with Crippen molar-refractivity contribution in [3.05, 3.63) is 77.5 Å². The Hall–Kier alpha value is -3.34. The molecule has 5 nitrogen and oxygen atoms in total. The minimum absolute atomic E-state index is 0.0993. The Morgan fingerprint density at radius 3 is 2.42 bits per heavy atom. The Balaban J connectivity index is 2.08. The zero-order valence-corrected chi connectivity index (χ0v) is 13.0. The van der Waals surface area contributed by atoms with Crippen LogP contribution in [0.2, 0.25) is 0 Å². The van der Waals surface area contributed by atoms with Gasteiger partial charge in [0, 0.05) is 24.5 Å². The van der Waals surface area contributed by atoms with Crippen LogP contribution in [-0.2, 0) is 7.05 Å². The molecule has 0 saturated carbocycles. The van der Waals surface area contributed by atoms with E-state index in [9.17, 15) is 9.90 Å². The number of phenolic OH excluding ortho intramolecular Hbond substituents is 1. The molecule has 0 unspecified atom stereocenters. The number of phenols is 1. The quantitative estimate of drug-likeness (QED) is 0.618. The van der Waals surface area contributed by atoms with Gasteiger partial charge in [-0.3, -0.25) is 4.79 Å². The van der Waals surface area contributed by atoms with Crippen LogP contribution in [0.5, 0.6) is 5.75 Å². The molecule has 0 aliphatic heterocycles. The van der Waals surface area contributed by atoms with E-state index >= 15 is 0 Å². The number of hydrogen-bond acceptors (Lipinski definition) is 3. The summed E-state index contributed by atoms with van der Waals surface area (Å²) in [7, 11) is 1.69. The van der Waals surface area contributed by atoms with E-state index in [1.807, 2.05) is 41.1 Å². The van der Waals surface area contributed by atoms with Crippen molar-refractivity contribution in [3.63, 3.8) is 0 Å². The number of rotatable bonds is 2. The number of fused-ring (bicyclic) bond motifs is 1. The summed E-state index contributed by atoms with van der Waals surface area (Å²) in [5.74, 6) is 0.191. The third-order valence-electron chi connectivity index (χ3n) is 4.08. The van der Waals surface area contributed by atoms with Crippen LogP contribution in [0.25, 0.3) is 27.8 Å². The van der Waals surface area contributed by atoms with Crippen molar-refractivity contribution in [2.45, 2.75) is 0 Å². The summed E-state index contributed by atoms with van der Waals surface area (Å²) in [5.41, 5.74) is 3.11. The lowest BCUT2D eigenvalue weighted by molar-refractivity contribution is 0.475. The highest BCUT2D eigenvalue weighted by molar-refractivity contribution is 5.94. The highest BCUT2D eigenvalue weighted by atomic mass is 16.3. The van der Waals surface area contributed by atoms with Crippen LogP contribution < -0.4 is 5.56 Å². The lowest BCUT2D eigenvalue weighted by atomic mass is 10.1. The highest BCUT2D eigenvalue weighted by Crippen LogP contribution is 2.30. The van der Waals surface area contributed by atoms with Crippen LogP contribution in [0.15, 0.2) is 71.9 Å². The molecule has 0 fully saturated rings. The van der Waals surface area contributed by atoms with E-state index in [1.165, 1.54) is 10.9 Å². The van der Waals surface area contributed by atoms with Gasteiger partial charge >= 0.3 is 0 Å². The second kappa shape index (κ2) is 5.38. The molecular formula is C19H15N3O2. The third-order valence-corrected chi connectivity index (χ3v) is 4.08. The summed E-state index contributed by atoms with van der Waals surface area (Å²) in [5, 5.41) is 10.1. The number of aryl methyl sites for hydroxylation is 1. The van der Waals surface area contributed by atoms with Gasteiger partial charge in [0.05, 0.1) is 11.7 Å². The molecule has 0 spiro atoms. The second-order valence-corrected chi connectivity index (χ2v) is 5.65. The van der Waals surface area contributed by atoms with Crippen LogP contribution in [0.1, 0.15) is 0 Å². The average molecular weight is 317 g/mol. The Bertz CT molecular complexity index is 1080. The zero-order chi connectivity index (χ0) is 16.7. The lowest BCUT2D eigenvalue weighted by Crippen LogP contribution is -2.17. The van der Waals surface area contributed by atoms with E-state index in [4.69, 9.17) is 0 Å². The molecule has 1 N–H and O–H groups in total. The van der Waals surface area contributed by atoms with Gasteiger partial charge < -0.3 is 14.2 Å². The molecule has 0 aliphatic rings. The van der Waals surface area contributed by atoms with Crippen molar-refractivity contribution in [3.8, 4) is 22.6 Å². The minimum atomic E-state index is -0.0993. The van der Waals surface area contributed by atoms with Crippen molar-refractivity contribution >= 4 is 11.0 Å². The molecule has 2 aromatic heterocycles. The summed E-state index contributed by atoms with van der Waals surface area (Å²) < 4.78 is 3.39. The Morgan fingerprint density at radius 1 is 1.00 bits per heavy atom. The molecule has 0 aliphatic carbocycles. The fraction of sp³-hybridized carbons (Fsp3) is 0.0526. The number of nitrogens with zero attached hydrogens (tertiary/aromatic N) is 3. The molecule has 2 heterocycles. The molecule has 2 aromatic carbocycles. The number of hydrogen-bond donors (Lipinski definition) is 1. The molecule has 118 valence electrons. The van der Waals surface area contributed by atoms with Crippen LogP contribution in [-0.4, -0.2) is 19.2 Å².